The van der Waals surface area contributed by atoms with Gasteiger partial charge in [-0.15, -0.1) is 0 Å². The van der Waals surface area contributed by atoms with E-state index < -0.39 is 0 Å². The first kappa shape index (κ1) is 11.5. The summed E-state index contributed by atoms with van der Waals surface area (Å²) >= 11 is 0. The third kappa shape index (κ3) is 3.53. The lowest BCUT2D eigenvalue weighted by Crippen LogP contribution is -2.18. The van der Waals surface area contributed by atoms with Gasteiger partial charge in [-0.3, -0.25) is 9.88 Å². The van der Waals surface area contributed by atoms with Crippen LogP contribution in [0.15, 0.2) is 42.7 Å². The molecule has 0 aliphatic rings. The zero-order valence-corrected chi connectivity index (χ0v) is 9.87. The van der Waals surface area contributed by atoms with Crippen LogP contribution >= 0.6 is 0 Å². The van der Waals surface area contributed by atoms with Gasteiger partial charge in [-0.05, 0) is 30.8 Å². The van der Waals surface area contributed by atoms with Crippen molar-refractivity contribution in [1.29, 1.82) is 0 Å². The Morgan fingerprint density at radius 3 is 2.76 bits per heavy atom. The molecule has 0 saturated carbocycles. The molecule has 0 unspecified atom stereocenters. The third-order valence-electron chi connectivity index (χ3n) is 2.44. The SMILES string of the molecule is CN(Cc1cccnc1)Cc1cccc(N)n1. The van der Waals surface area contributed by atoms with Crippen LogP contribution in [0.25, 0.3) is 0 Å². The Bertz CT molecular complexity index is 470. The Morgan fingerprint density at radius 2 is 2.06 bits per heavy atom. The van der Waals surface area contributed by atoms with Crippen molar-refractivity contribution >= 4 is 5.82 Å². The molecule has 88 valence electrons. The molecule has 4 nitrogen and oxygen atoms in total. The van der Waals surface area contributed by atoms with Crippen LogP contribution in [0.4, 0.5) is 5.82 Å². The van der Waals surface area contributed by atoms with Gasteiger partial charge in [-0.2, -0.15) is 0 Å². The largest absolute Gasteiger partial charge is 0.384 e. The zero-order valence-electron chi connectivity index (χ0n) is 9.87. The van der Waals surface area contributed by atoms with Gasteiger partial charge in [0.2, 0.25) is 0 Å². The van der Waals surface area contributed by atoms with E-state index in [1.165, 1.54) is 5.56 Å². The van der Waals surface area contributed by atoms with E-state index in [-0.39, 0.29) is 0 Å². The fraction of sp³-hybridized carbons (Fsp3) is 0.231. The predicted molar refractivity (Wildman–Crippen MR) is 68.1 cm³/mol. The van der Waals surface area contributed by atoms with Crippen molar-refractivity contribution in [1.82, 2.24) is 14.9 Å². The first-order valence-corrected chi connectivity index (χ1v) is 5.53. The fourth-order valence-corrected chi connectivity index (χ4v) is 1.72. The average molecular weight is 228 g/mol. The van der Waals surface area contributed by atoms with Gasteiger partial charge in [0.25, 0.3) is 0 Å². The van der Waals surface area contributed by atoms with Crippen molar-refractivity contribution in [2.24, 2.45) is 0 Å². The van der Waals surface area contributed by atoms with E-state index in [4.69, 9.17) is 5.73 Å². The molecule has 0 saturated heterocycles. The summed E-state index contributed by atoms with van der Waals surface area (Å²) in [4.78, 5) is 10.6. The monoisotopic (exact) mass is 228 g/mol. The highest BCUT2D eigenvalue weighted by molar-refractivity contribution is 5.28. The van der Waals surface area contributed by atoms with Crippen LogP contribution in [0.1, 0.15) is 11.3 Å². The number of hydrogen-bond donors (Lipinski definition) is 1. The summed E-state index contributed by atoms with van der Waals surface area (Å²) in [6.45, 7) is 1.63. The molecule has 2 aromatic heterocycles. The maximum atomic E-state index is 5.65. The summed E-state index contributed by atoms with van der Waals surface area (Å²) in [6, 6.07) is 9.72. The van der Waals surface area contributed by atoms with Crippen LogP contribution in [-0.4, -0.2) is 21.9 Å². The van der Waals surface area contributed by atoms with Gasteiger partial charge in [-0.1, -0.05) is 12.1 Å². The van der Waals surface area contributed by atoms with E-state index in [1.807, 2.05) is 24.4 Å². The van der Waals surface area contributed by atoms with Crippen LogP contribution in [0.2, 0.25) is 0 Å². The molecule has 2 rings (SSSR count). The molecule has 0 radical (unpaired) electrons. The number of rotatable bonds is 4. The van der Waals surface area contributed by atoms with Crippen molar-refractivity contribution in [2.45, 2.75) is 13.1 Å². The highest BCUT2D eigenvalue weighted by Crippen LogP contribution is 2.06. The minimum Gasteiger partial charge on any atom is -0.384 e. The topological polar surface area (TPSA) is 55.0 Å². The summed E-state index contributed by atoms with van der Waals surface area (Å²) in [5, 5.41) is 0. The van der Waals surface area contributed by atoms with Crippen LogP contribution in [0.5, 0.6) is 0 Å². The molecule has 4 heteroatoms. The molecule has 2 aromatic rings. The standard InChI is InChI=1S/C13H16N4/c1-17(9-11-4-3-7-15-8-11)10-12-5-2-6-13(14)16-12/h2-8H,9-10H2,1H3,(H2,14,16). The summed E-state index contributed by atoms with van der Waals surface area (Å²) < 4.78 is 0. The van der Waals surface area contributed by atoms with Crippen LogP contribution < -0.4 is 5.73 Å². The minimum atomic E-state index is 0.567. The Labute approximate surface area is 101 Å². The maximum Gasteiger partial charge on any atom is 0.123 e. The van der Waals surface area contributed by atoms with Gasteiger partial charge >= 0.3 is 0 Å². The van der Waals surface area contributed by atoms with E-state index in [0.29, 0.717) is 5.82 Å². The number of nitrogen functional groups attached to an aromatic ring is 1. The molecule has 2 N–H and O–H groups in total. The number of nitrogens with zero attached hydrogens (tertiary/aromatic N) is 3. The van der Waals surface area contributed by atoms with Crippen LogP contribution in [0, 0.1) is 0 Å². The van der Waals surface area contributed by atoms with Crippen LogP contribution in [-0.2, 0) is 13.1 Å². The molecular weight excluding hydrogens is 212 g/mol. The Morgan fingerprint density at radius 1 is 1.18 bits per heavy atom. The zero-order chi connectivity index (χ0) is 12.1. The lowest BCUT2D eigenvalue weighted by Gasteiger charge is -2.16. The third-order valence-corrected chi connectivity index (χ3v) is 2.44. The van der Waals surface area contributed by atoms with Crippen molar-refractivity contribution in [3.05, 3.63) is 54.0 Å². The molecule has 0 atom stereocenters. The lowest BCUT2D eigenvalue weighted by molar-refractivity contribution is 0.315. The second-order valence-corrected chi connectivity index (χ2v) is 4.09. The summed E-state index contributed by atoms with van der Waals surface area (Å²) in [5.41, 5.74) is 7.82. The average Bonchev–Trinajstić information content (AvgIpc) is 2.30. The van der Waals surface area contributed by atoms with E-state index in [2.05, 4.69) is 28.0 Å². The van der Waals surface area contributed by atoms with Crippen molar-refractivity contribution in [3.63, 3.8) is 0 Å². The molecule has 0 aliphatic heterocycles. The van der Waals surface area contributed by atoms with Gasteiger partial charge in [0.15, 0.2) is 0 Å². The molecule has 0 aromatic carbocycles. The minimum absolute atomic E-state index is 0.567. The van der Waals surface area contributed by atoms with Crippen molar-refractivity contribution in [3.8, 4) is 0 Å². The first-order chi connectivity index (χ1) is 8.24. The van der Waals surface area contributed by atoms with E-state index in [9.17, 15) is 0 Å². The molecule has 0 bridgehead atoms. The van der Waals surface area contributed by atoms with Gasteiger partial charge in [-0.25, -0.2) is 4.98 Å². The number of anilines is 1. The highest BCUT2D eigenvalue weighted by Gasteiger charge is 2.03. The number of nitrogens with two attached hydrogens (primary N) is 1. The lowest BCUT2D eigenvalue weighted by atomic mass is 10.2. The number of hydrogen-bond acceptors (Lipinski definition) is 4. The summed E-state index contributed by atoms with van der Waals surface area (Å²) in [6.07, 6.45) is 3.66. The molecule has 17 heavy (non-hydrogen) atoms. The highest BCUT2D eigenvalue weighted by atomic mass is 15.1. The second-order valence-electron chi connectivity index (χ2n) is 4.09. The van der Waals surface area contributed by atoms with Crippen LogP contribution in [0.3, 0.4) is 0 Å². The van der Waals surface area contributed by atoms with E-state index in [0.717, 1.165) is 18.8 Å². The van der Waals surface area contributed by atoms with E-state index in [1.54, 1.807) is 12.3 Å². The van der Waals surface area contributed by atoms with Crippen molar-refractivity contribution < 1.29 is 0 Å². The Hall–Kier alpha value is -1.94. The van der Waals surface area contributed by atoms with Crippen molar-refractivity contribution in [2.75, 3.05) is 12.8 Å². The molecule has 0 aliphatic carbocycles. The summed E-state index contributed by atoms with van der Waals surface area (Å²) in [7, 11) is 2.05. The molecule has 2 heterocycles. The Balaban J connectivity index is 1.96. The molecule has 0 fully saturated rings. The molecule has 0 amide bonds. The fourth-order valence-electron chi connectivity index (χ4n) is 1.72. The van der Waals surface area contributed by atoms with Gasteiger partial charge in [0.1, 0.15) is 5.82 Å². The first-order valence-electron chi connectivity index (χ1n) is 5.53. The number of aromatic nitrogens is 2. The quantitative estimate of drug-likeness (QED) is 0.865. The van der Waals surface area contributed by atoms with Gasteiger partial charge in [0.05, 0.1) is 5.69 Å². The molecule has 0 spiro atoms. The maximum absolute atomic E-state index is 5.65. The second kappa shape index (κ2) is 5.41. The normalized spacial score (nSPS) is 10.7. The number of pyridine rings is 2. The predicted octanol–water partition coefficient (Wildman–Crippen LogP) is 1.69. The summed E-state index contributed by atoms with van der Waals surface area (Å²) in [5.74, 6) is 0.567. The van der Waals surface area contributed by atoms with E-state index >= 15 is 0 Å². The Kier molecular flexibility index (Phi) is 3.67. The van der Waals surface area contributed by atoms with Gasteiger partial charge < -0.3 is 5.73 Å². The smallest absolute Gasteiger partial charge is 0.123 e. The molecular formula is C13H16N4. The van der Waals surface area contributed by atoms with Gasteiger partial charge in [0, 0.05) is 25.5 Å².